The molecule has 0 bridgehead atoms. The Morgan fingerprint density at radius 3 is 2.24 bits per heavy atom. The molecule has 0 fully saturated rings. The minimum Gasteiger partial charge on any atom is -0.506 e. The van der Waals surface area contributed by atoms with E-state index in [0.717, 1.165) is 19.1 Å². The van der Waals surface area contributed by atoms with Crippen molar-refractivity contribution in [3.8, 4) is 5.75 Å². The normalized spacial score (nSPS) is 14.3. The van der Waals surface area contributed by atoms with Gasteiger partial charge < -0.3 is 30.8 Å². The third-order valence-electron chi connectivity index (χ3n) is 4.08. The summed E-state index contributed by atoms with van der Waals surface area (Å²) < 4.78 is 0. The standard InChI is InChI=1S/C19H29N3O7/c23-12-16(26)19(29)15(25)11-20-22-18(28)10-4-2-1-3-9-17(27)21-13-7-5-6-8-14(13)24/h5-8,11,15-16,19,23-26,29H,1-4,9-10,12H2,(H,21,27)(H,22,28)/b20-11+/t15-,16-,19+/m1/s1. The van der Waals surface area contributed by atoms with Gasteiger partial charge in [0.2, 0.25) is 11.8 Å². The van der Waals surface area contributed by atoms with Crippen molar-refractivity contribution in [3.63, 3.8) is 0 Å². The van der Waals surface area contributed by atoms with Crippen LogP contribution in [0, 0.1) is 0 Å². The van der Waals surface area contributed by atoms with Gasteiger partial charge >= 0.3 is 0 Å². The van der Waals surface area contributed by atoms with Crippen LogP contribution >= 0.6 is 0 Å². The Bertz CT molecular complexity index is 669. The number of aliphatic hydroxyl groups excluding tert-OH is 4. The zero-order chi connectivity index (χ0) is 21.6. The number of amides is 2. The van der Waals surface area contributed by atoms with Crippen LogP contribution in [0.4, 0.5) is 5.69 Å². The van der Waals surface area contributed by atoms with Gasteiger partial charge in [0.05, 0.1) is 18.5 Å². The lowest BCUT2D eigenvalue weighted by atomic mass is 10.1. The summed E-state index contributed by atoms with van der Waals surface area (Å²) >= 11 is 0. The monoisotopic (exact) mass is 411 g/mol. The quantitative estimate of drug-likeness (QED) is 0.102. The maximum atomic E-state index is 11.8. The maximum absolute atomic E-state index is 11.8. The summed E-state index contributed by atoms with van der Waals surface area (Å²) in [4.78, 5) is 23.4. The number of unbranched alkanes of at least 4 members (excludes halogenated alkanes) is 3. The lowest BCUT2D eigenvalue weighted by molar-refractivity contribution is -0.121. The summed E-state index contributed by atoms with van der Waals surface area (Å²) in [5.74, 6) is -0.547. The third kappa shape index (κ3) is 9.99. The molecule has 0 aliphatic heterocycles. The van der Waals surface area contributed by atoms with Crippen LogP contribution in [-0.4, -0.2) is 68.5 Å². The molecule has 0 saturated heterocycles. The number of aliphatic hydroxyl groups is 4. The van der Waals surface area contributed by atoms with Crippen LogP contribution in [0.3, 0.4) is 0 Å². The second-order valence-electron chi connectivity index (χ2n) is 6.52. The van der Waals surface area contributed by atoms with Gasteiger partial charge in [0, 0.05) is 12.8 Å². The summed E-state index contributed by atoms with van der Waals surface area (Å²) in [6.45, 7) is -0.713. The van der Waals surface area contributed by atoms with E-state index in [1.54, 1.807) is 18.2 Å². The van der Waals surface area contributed by atoms with Gasteiger partial charge in [0.25, 0.3) is 0 Å². The zero-order valence-corrected chi connectivity index (χ0v) is 16.1. The molecule has 2 amide bonds. The van der Waals surface area contributed by atoms with Crippen molar-refractivity contribution in [1.29, 1.82) is 0 Å². The molecule has 0 aromatic heterocycles. The van der Waals surface area contributed by atoms with Gasteiger partial charge in [0.15, 0.2) is 0 Å². The summed E-state index contributed by atoms with van der Waals surface area (Å²) in [5.41, 5.74) is 2.57. The minimum atomic E-state index is -1.61. The van der Waals surface area contributed by atoms with Crippen molar-refractivity contribution in [2.24, 2.45) is 5.10 Å². The molecule has 0 radical (unpaired) electrons. The van der Waals surface area contributed by atoms with Crippen molar-refractivity contribution in [1.82, 2.24) is 5.43 Å². The maximum Gasteiger partial charge on any atom is 0.240 e. The number of carbonyl (C=O) groups is 2. The summed E-state index contributed by atoms with van der Waals surface area (Å²) in [6.07, 6.45) is -0.514. The summed E-state index contributed by atoms with van der Waals surface area (Å²) in [7, 11) is 0. The average molecular weight is 411 g/mol. The molecule has 1 aromatic rings. The second-order valence-corrected chi connectivity index (χ2v) is 6.52. The molecule has 7 N–H and O–H groups in total. The number of phenolic OH excluding ortho intramolecular Hbond substituents is 1. The molecule has 0 heterocycles. The largest absolute Gasteiger partial charge is 0.506 e. The second kappa shape index (κ2) is 13.6. The highest BCUT2D eigenvalue weighted by Crippen LogP contribution is 2.21. The van der Waals surface area contributed by atoms with E-state index in [1.165, 1.54) is 6.07 Å². The molecule has 0 unspecified atom stereocenters. The number of rotatable bonds is 13. The molecule has 10 nitrogen and oxygen atoms in total. The van der Waals surface area contributed by atoms with Gasteiger partial charge in [-0.25, -0.2) is 5.43 Å². The number of aromatic hydroxyl groups is 1. The Hall–Kier alpha value is -2.53. The number of nitrogens with zero attached hydrogens (tertiary/aromatic N) is 1. The minimum absolute atomic E-state index is 0.0149. The van der Waals surface area contributed by atoms with E-state index in [9.17, 15) is 24.9 Å². The van der Waals surface area contributed by atoms with E-state index in [4.69, 9.17) is 10.2 Å². The number of carbonyl (C=O) groups excluding carboxylic acids is 2. The number of hydrogen-bond donors (Lipinski definition) is 7. The highest BCUT2D eigenvalue weighted by Gasteiger charge is 2.22. The van der Waals surface area contributed by atoms with Gasteiger partial charge in [-0.2, -0.15) is 5.10 Å². The molecule has 10 heteroatoms. The molecule has 0 spiro atoms. The molecule has 0 aliphatic carbocycles. The first-order valence-electron chi connectivity index (χ1n) is 9.40. The SMILES string of the molecule is O=C(CCCCCCC(=O)Nc1ccccc1O)N/N=C/[C@@H](O)[C@H](O)[C@H](O)CO. The highest BCUT2D eigenvalue weighted by molar-refractivity contribution is 5.92. The number of hydrazone groups is 1. The Morgan fingerprint density at radius 1 is 1.00 bits per heavy atom. The number of hydrogen-bond acceptors (Lipinski definition) is 8. The van der Waals surface area contributed by atoms with Gasteiger partial charge in [0.1, 0.15) is 24.1 Å². The lowest BCUT2D eigenvalue weighted by Gasteiger charge is -2.17. The smallest absolute Gasteiger partial charge is 0.240 e. The number of nitrogens with one attached hydrogen (secondary N) is 2. The fraction of sp³-hybridized carbons (Fsp3) is 0.526. The van der Waals surface area contributed by atoms with Crippen molar-refractivity contribution >= 4 is 23.7 Å². The van der Waals surface area contributed by atoms with Crippen molar-refractivity contribution in [3.05, 3.63) is 24.3 Å². The third-order valence-corrected chi connectivity index (χ3v) is 4.08. The molecule has 29 heavy (non-hydrogen) atoms. The predicted molar refractivity (Wildman–Crippen MR) is 106 cm³/mol. The van der Waals surface area contributed by atoms with Crippen LogP contribution in [0.1, 0.15) is 38.5 Å². The molecule has 1 rings (SSSR count). The van der Waals surface area contributed by atoms with Crippen LogP contribution < -0.4 is 10.7 Å². The van der Waals surface area contributed by atoms with Gasteiger partial charge in [-0.1, -0.05) is 25.0 Å². The molecular weight excluding hydrogens is 382 g/mol. The van der Waals surface area contributed by atoms with E-state index in [-0.39, 0.29) is 24.0 Å². The van der Waals surface area contributed by atoms with E-state index < -0.39 is 24.9 Å². The number of benzene rings is 1. The Kier molecular flexibility index (Phi) is 11.5. The molecule has 162 valence electrons. The fourth-order valence-corrected chi connectivity index (χ4v) is 2.38. The first-order valence-corrected chi connectivity index (χ1v) is 9.40. The number of phenols is 1. The fourth-order valence-electron chi connectivity index (χ4n) is 2.38. The summed E-state index contributed by atoms with van der Waals surface area (Å²) in [5, 5.41) is 52.5. The number of anilines is 1. The zero-order valence-electron chi connectivity index (χ0n) is 16.1. The topological polar surface area (TPSA) is 172 Å². The Balaban J connectivity index is 2.11. The van der Waals surface area contributed by atoms with Crippen LogP contribution in [0.25, 0.3) is 0 Å². The first-order chi connectivity index (χ1) is 13.8. The average Bonchev–Trinajstić information content (AvgIpc) is 2.70. The van der Waals surface area contributed by atoms with E-state index in [1.807, 2.05) is 0 Å². The molecular formula is C19H29N3O7. The molecule has 0 saturated carbocycles. The number of para-hydroxylation sites is 2. The van der Waals surface area contributed by atoms with E-state index in [2.05, 4.69) is 15.8 Å². The van der Waals surface area contributed by atoms with E-state index >= 15 is 0 Å². The van der Waals surface area contributed by atoms with Crippen LogP contribution in [0.5, 0.6) is 5.75 Å². The van der Waals surface area contributed by atoms with Crippen LogP contribution in [-0.2, 0) is 9.59 Å². The summed E-state index contributed by atoms with van der Waals surface area (Å²) in [6, 6.07) is 6.49. The Morgan fingerprint density at radius 2 is 1.62 bits per heavy atom. The molecule has 1 aromatic carbocycles. The molecule has 0 aliphatic rings. The predicted octanol–water partition coefficient (Wildman–Crippen LogP) is -0.152. The Labute approximate surface area is 168 Å². The van der Waals surface area contributed by atoms with Gasteiger partial charge in [-0.3, -0.25) is 9.59 Å². The van der Waals surface area contributed by atoms with Crippen LogP contribution in [0.15, 0.2) is 29.4 Å². The highest BCUT2D eigenvalue weighted by atomic mass is 16.4. The molecule has 3 atom stereocenters. The van der Waals surface area contributed by atoms with Crippen molar-refractivity contribution < 1.29 is 35.1 Å². The first kappa shape index (κ1) is 24.5. The van der Waals surface area contributed by atoms with Gasteiger partial charge in [-0.15, -0.1) is 0 Å². The van der Waals surface area contributed by atoms with Crippen molar-refractivity contribution in [2.75, 3.05) is 11.9 Å². The van der Waals surface area contributed by atoms with Gasteiger partial charge in [-0.05, 0) is 25.0 Å². The van der Waals surface area contributed by atoms with E-state index in [0.29, 0.717) is 24.9 Å². The van der Waals surface area contributed by atoms with Crippen LogP contribution in [0.2, 0.25) is 0 Å². The van der Waals surface area contributed by atoms with Crippen molar-refractivity contribution in [2.45, 2.75) is 56.8 Å². The lowest BCUT2D eigenvalue weighted by Crippen LogP contribution is -2.40.